The summed E-state index contributed by atoms with van der Waals surface area (Å²) in [6.45, 7) is 3.95. The maximum atomic E-state index is 13.7. The van der Waals surface area contributed by atoms with Crippen LogP contribution in [0, 0.1) is 11.7 Å². The van der Waals surface area contributed by atoms with Gasteiger partial charge in [0.05, 0.1) is 22.5 Å². The van der Waals surface area contributed by atoms with Crippen LogP contribution in [0.5, 0.6) is 0 Å². The lowest BCUT2D eigenvalue weighted by molar-refractivity contribution is -0.137. The second-order valence-electron chi connectivity index (χ2n) is 8.84. The van der Waals surface area contributed by atoms with Crippen molar-refractivity contribution < 1.29 is 27.2 Å². The highest BCUT2D eigenvalue weighted by Crippen LogP contribution is 2.47. The van der Waals surface area contributed by atoms with E-state index in [0.717, 1.165) is 17.1 Å². The summed E-state index contributed by atoms with van der Waals surface area (Å²) in [5.41, 5.74) is -0.460. The Morgan fingerprint density at radius 2 is 1.88 bits per heavy atom. The fourth-order valence-electron chi connectivity index (χ4n) is 4.35. The number of benzene rings is 2. The molecule has 5 rings (SSSR count). The number of anilines is 1. The topological polar surface area (TPSA) is 86.9 Å². The molecule has 2 amide bonds. The van der Waals surface area contributed by atoms with Gasteiger partial charge in [-0.3, -0.25) is 9.59 Å². The Balaban J connectivity index is 1.30. The van der Waals surface area contributed by atoms with Crippen molar-refractivity contribution in [1.82, 2.24) is 15.3 Å². The molecule has 6 nitrogen and oxygen atoms in total. The average molecular weight is 472 g/mol. The van der Waals surface area contributed by atoms with Gasteiger partial charge in [0.15, 0.2) is 0 Å². The fraction of sp³-hybridized carbons (Fsp3) is 0.292. The molecule has 3 N–H and O–H groups in total. The lowest BCUT2D eigenvalue weighted by Gasteiger charge is -2.37. The van der Waals surface area contributed by atoms with Crippen LogP contribution in [0.15, 0.2) is 54.6 Å². The van der Waals surface area contributed by atoms with Gasteiger partial charge in [0.25, 0.3) is 0 Å². The van der Waals surface area contributed by atoms with Crippen molar-refractivity contribution >= 4 is 28.5 Å². The van der Waals surface area contributed by atoms with Gasteiger partial charge in [0.1, 0.15) is 17.2 Å². The van der Waals surface area contributed by atoms with E-state index in [1.807, 2.05) is 24.3 Å². The molecule has 176 valence electrons. The lowest BCUT2D eigenvalue weighted by Crippen LogP contribution is -2.51. The molecular weight excluding hydrogens is 452 g/mol. The van der Waals surface area contributed by atoms with E-state index in [9.17, 15) is 27.2 Å². The standard InChI is InChI=1S/C24H20F4N4O2/c1-12-8-16(20-30-17-4-2-3-5-18(17)31-20)19(12)21(33)32-23(6-7-23)22(34)29-15-10-13(24(26,27)28)9-14(25)11-15/h2-5,9-11,16,19H,1,6-8H2,(H,29,34)(H,30,31)(H,32,33)/t16-,19-/m0/s1. The summed E-state index contributed by atoms with van der Waals surface area (Å²) in [6.07, 6.45) is -3.55. The number of rotatable bonds is 5. The van der Waals surface area contributed by atoms with Crippen molar-refractivity contribution in [2.75, 3.05) is 5.32 Å². The molecule has 0 unspecified atom stereocenters. The van der Waals surface area contributed by atoms with Gasteiger partial charge in [0.2, 0.25) is 11.8 Å². The second kappa shape index (κ2) is 7.68. The first kappa shape index (κ1) is 22.1. The van der Waals surface area contributed by atoms with Crippen LogP contribution in [0.25, 0.3) is 11.0 Å². The summed E-state index contributed by atoms with van der Waals surface area (Å²) in [4.78, 5) is 33.7. The first-order valence-corrected chi connectivity index (χ1v) is 10.7. The Kier molecular flexibility index (Phi) is 5.00. The van der Waals surface area contributed by atoms with E-state index >= 15 is 0 Å². The number of imidazole rings is 1. The Morgan fingerprint density at radius 1 is 1.15 bits per heavy atom. The number of alkyl halides is 3. The molecule has 10 heteroatoms. The largest absolute Gasteiger partial charge is 0.416 e. The van der Waals surface area contributed by atoms with Crippen LogP contribution in [0.2, 0.25) is 0 Å². The van der Waals surface area contributed by atoms with Crippen molar-refractivity contribution in [2.24, 2.45) is 5.92 Å². The van der Waals surface area contributed by atoms with E-state index in [2.05, 4.69) is 27.2 Å². The van der Waals surface area contributed by atoms with E-state index in [4.69, 9.17) is 0 Å². The average Bonchev–Trinajstić information content (AvgIpc) is 3.40. The van der Waals surface area contributed by atoms with Crippen LogP contribution in [0.3, 0.4) is 0 Å². The molecular formula is C24H20F4N4O2. The van der Waals surface area contributed by atoms with E-state index < -0.39 is 40.8 Å². The second-order valence-corrected chi connectivity index (χ2v) is 8.84. The third-order valence-electron chi connectivity index (χ3n) is 6.40. The number of aromatic nitrogens is 2. The summed E-state index contributed by atoms with van der Waals surface area (Å²) in [5.74, 6) is -2.37. The van der Waals surface area contributed by atoms with Crippen LogP contribution in [-0.2, 0) is 15.8 Å². The zero-order valence-corrected chi connectivity index (χ0v) is 17.8. The third kappa shape index (κ3) is 3.93. The van der Waals surface area contributed by atoms with E-state index in [1.54, 1.807) is 0 Å². The summed E-state index contributed by atoms with van der Waals surface area (Å²) in [7, 11) is 0. The molecule has 1 aromatic heterocycles. The molecule has 0 radical (unpaired) electrons. The van der Waals surface area contributed by atoms with E-state index in [0.29, 0.717) is 42.8 Å². The highest BCUT2D eigenvalue weighted by Gasteiger charge is 2.54. The molecule has 2 fully saturated rings. The quantitative estimate of drug-likeness (QED) is 0.373. The molecule has 0 saturated heterocycles. The number of aromatic amines is 1. The normalized spacial score (nSPS) is 21.1. The molecule has 2 aliphatic carbocycles. The molecule has 34 heavy (non-hydrogen) atoms. The van der Waals surface area contributed by atoms with Crippen molar-refractivity contribution in [3.05, 3.63) is 71.8 Å². The number of para-hydroxylation sites is 2. The minimum atomic E-state index is -4.76. The van der Waals surface area contributed by atoms with Gasteiger partial charge >= 0.3 is 6.18 Å². The molecule has 2 saturated carbocycles. The Hall–Kier alpha value is -3.69. The Bertz CT molecular complexity index is 1290. The minimum absolute atomic E-state index is 0.226. The van der Waals surface area contributed by atoms with Crippen LogP contribution < -0.4 is 10.6 Å². The number of nitrogens with zero attached hydrogens (tertiary/aromatic N) is 1. The summed E-state index contributed by atoms with van der Waals surface area (Å²) in [5, 5.41) is 5.06. The maximum absolute atomic E-state index is 13.7. The molecule has 0 bridgehead atoms. The molecule has 2 aliphatic rings. The van der Waals surface area contributed by atoms with Crippen LogP contribution in [-0.4, -0.2) is 27.3 Å². The van der Waals surface area contributed by atoms with Gasteiger partial charge in [-0.2, -0.15) is 13.2 Å². The van der Waals surface area contributed by atoms with Gasteiger partial charge in [-0.05, 0) is 49.6 Å². The first-order chi connectivity index (χ1) is 16.1. The number of hydrogen-bond acceptors (Lipinski definition) is 3. The monoisotopic (exact) mass is 472 g/mol. The van der Waals surface area contributed by atoms with E-state index in [-0.39, 0.29) is 11.6 Å². The van der Waals surface area contributed by atoms with Gasteiger partial charge in [-0.25, -0.2) is 9.37 Å². The fourth-order valence-corrected chi connectivity index (χ4v) is 4.35. The predicted octanol–water partition coefficient (Wildman–Crippen LogP) is 4.67. The van der Waals surface area contributed by atoms with Crippen LogP contribution >= 0.6 is 0 Å². The zero-order chi connectivity index (χ0) is 24.3. The van der Waals surface area contributed by atoms with Crippen molar-refractivity contribution in [2.45, 2.75) is 36.9 Å². The maximum Gasteiger partial charge on any atom is 0.416 e. The number of fused-ring (bicyclic) bond motifs is 1. The molecule has 0 spiro atoms. The third-order valence-corrected chi connectivity index (χ3v) is 6.40. The summed E-state index contributed by atoms with van der Waals surface area (Å²) >= 11 is 0. The molecule has 2 aromatic carbocycles. The van der Waals surface area contributed by atoms with Crippen LogP contribution in [0.1, 0.15) is 36.6 Å². The van der Waals surface area contributed by atoms with Gasteiger partial charge in [-0.1, -0.05) is 24.3 Å². The number of hydrogen-bond donors (Lipinski definition) is 3. The van der Waals surface area contributed by atoms with Gasteiger partial charge < -0.3 is 15.6 Å². The number of halogens is 4. The predicted molar refractivity (Wildman–Crippen MR) is 116 cm³/mol. The minimum Gasteiger partial charge on any atom is -0.342 e. The van der Waals surface area contributed by atoms with Crippen molar-refractivity contribution in [3.63, 3.8) is 0 Å². The smallest absolute Gasteiger partial charge is 0.342 e. The van der Waals surface area contributed by atoms with E-state index in [1.165, 1.54) is 0 Å². The lowest BCUT2D eigenvalue weighted by atomic mass is 9.69. The number of H-pyrrole nitrogens is 1. The SMILES string of the molecule is C=C1C[C@H](c2nc3ccccc3[nH]2)[C@H]1C(=O)NC1(C(=O)Nc2cc(F)cc(C(F)(F)F)c2)CC1. The number of amides is 2. The molecule has 0 aliphatic heterocycles. The first-order valence-electron chi connectivity index (χ1n) is 10.7. The highest BCUT2D eigenvalue weighted by atomic mass is 19.4. The van der Waals surface area contributed by atoms with Gasteiger partial charge in [0, 0.05) is 11.6 Å². The van der Waals surface area contributed by atoms with Crippen LogP contribution in [0.4, 0.5) is 23.2 Å². The van der Waals surface area contributed by atoms with Crippen molar-refractivity contribution in [1.29, 1.82) is 0 Å². The Labute approximate surface area is 191 Å². The number of carbonyl (C=O) groups excluding carboxylic acids is 2. The Morgan fingerprint density at radius 3 is 2.53 bits per heavy atom. The summed E-state index contributed by atoms with van der Waals surface area (Å²) in [6, 6.07) is 9.29. The molecule has 3 aromatic rings. The molecule has 2 atom stereocenters. The zero-order valence-electron chi connectivity index (χ0n) is 17.8. The number of nitrogens with one attached hydrogen (secondary N) is 3. The van der Waals surface area contributed by atoms with Crippen molar-refractivity contribution in [3.8, 4) is 0 Å². The summed E-state index contributed by atoms with van der Waals surface area (Å²) < 4.78 is 52.6. The van der Waals surface area contributed by atoms with Gasteiger partial charge in [-0.15, -0.1) is 0 Å². The number of carbonyl (C=O) groups is 2. The molecule has 1 heterocycles. The highest BCUT2D eigenvalue weighted by molar-refractivity contribution is 6.03.